The molecule has 0 unspecified atom stereocenters. The fraction of sp³-hybridized carbons (Fsp3) is 0.375. The Morgan fingerprint density at radius 2 is 1.82 bits per heavy atom. The van der Waals surface area contributed by atoms with E-state index in [1.807, 2.05) is 0 Å². The molecule has 1 N–H and O–H groups in total. The third-order valence-electron chi connectivity index (χ3n) is 4.07. The highest BCUT2D eigenvalue weighted by atomic mass is 14.9. The van der Waals surface area contributed by atoms with Crippen molar-refractivity contribution in [1.29, 1.82) is 0 Å². The second kappa shape index (κ2) is 3.85. The molecule has 1 aliphatic heterocycles. The molecule has 1 aliphatic rings. The maximum Gasteiger partial charge on any atom is 0.00329 e. The van der Waals surface area contributed by atoms with Crippen molar-refractivity contribution in [2.45, 2.75) is 19.8 Å². The first kappa shape index (κ1) is 10.8. The van der Waals surface area contributed by atoms with Crippen LogP contribution in [0.15, 0.2) is 42.5 Å². The van der Waals surface area contributed by atoms with Crippen LogP contribution in [-0.4, -0.2) is 13.1 Å². The minimum atomic E-state index is 0.351. The van der Waals surface area contributed by atoms with Gasteiger partial charge in [0.05, 0.1) is 0 Å². The number of rotatable bonds is 1. The van der Waals surface area contributed by atoms with Crippen LogP contribution in [0.1, 0.15) is 25.3 Å². The predicted molar refractivity (Wildman–Crippen MR) is 73.3 cm³/mol. The monoisotopic (exact) mass is 225 g/mol. The second-order valence-corrected chi connectivity index (χ2v) is 5.74. The summed E-state index contributed by atoms with van der Waals surface area (Å²) >= 11 is 0. The highest BCUT2D eigenvalue weighted by Crippen LogP contribution is 2.40. The molecule has 1 nitrogen and oxygen atoms in total. The van der Waals surface area contributed by atoms with E-state index in [9.17, 15) is 0 Å². The minimum Gasteiger partial charge on any atom is -0.316 e. The summed E-state index contributed by atoms with van der Waals surface area (Å²) in [6.45, 7) is 6.93. The summed E-state index contributed by atoms with van der Waals surface area (Å²) in [6.07, 6.45) is 0. The first-order valence-corrected chi connectivity index (χ1v) is 6.37. The van der Waals surface area contributed by atoms with E-state index in [1.54, 1.807) is 0 Å². The van der Waals surface area contributed by atoms with Crippen LogP contribution >= 0.6 is 0 Å². The summed E-state index contributed by atoms with van der Waals surface area (Å²) in [5, 5.41) is 6.29. The van der Waals surface area contributed by atoms with Crippen molar-refractivity contribution in [3.63, 3.8) is 0 Å². The molecule has 3 rings (SSSR count). The summed E-state index contributed by atoms with van der Waals surface area (Å²) in [6, 6.07) is 15.4. The third-order valence-corrected chi connectivity index (χ3v) is 4.07. The molecule has 2 aromatic rings. The molecule has 17 heavy (non-hydrogen) atoms. The topological polar surface area (TPSA) is 12.0 Å². The van der Waals surface area contributed by atoms with E-state index in [2.05, 4.69) is 61.6 Å². The first-order valence-electron chi connectivity index (χ1n) is 6.37. The van der Waals surface area contributed by atoms with Gasteiger partial charge >= 0.3 is 0 Å². The van der Waals surface area contributed by atoms with Gasteiger partial charge in [-0.1, -0.05) is 56.3 Å². The predicted octanol–water partition coefficient (Wildman–Crippen LogP) is 3.55. The van der Waals surface area contributed by atoms with Gasteiger partial charge in [0.1, 0.15) is 0 Å². The molecule has 0 radical (unpaired) electrons. The Bertz CT molecular complexity index is 537. The van der Waals surface area contributed by atoms with Gasteiger partial charge in [-0.3, -0.25) is 0 Å². The highest BCUT2D eigenvalue weighted by molar-refractivity contribution is 5.86. The van der Waals surface area contributed by atoms with E-state index in [0.29, 0.717) is 11.3 Å². The zero-order valence-electron chi connectivity index (χ0n) is 10.5. The Labute approximate surface area is 103 Å². The molecule has 0 bridgehead atoms. The van der Waals surface area contributed by atoms with Crippen molar-refractivity contribution in [3.8, 4) is 0 Å². The van der Waals surface area contributed by atoms with Crippen LogP contribution < -0.4 is 5.32 Å². The third kappa shape index (κ3) is 1.75. The maximum atomic E-state index is 3.53. The number of nitrogens with one attached hydrogen (secondary N) is 1. The largest absolute Gasteiger partial charge is 0.316 e. The Kier molecular flexibility index (Phi) is 2.44. The number of hydrogen-bond donors (Lipinski definition) is 1. The zero-order chi connectivity index (χ0) is 11.9. The molecule has 2 aromatic carbocycles. The van der Waals surface area contributed by atoms with E-state index in [1.165, 1.54) is 16.3 Å². The summed E-state index contributed by atoms with van der Waals surface area (Å²) in [4.78, 5) is 0. The Morgan fingerprint density at radius 3 is 2.59 bits per heavy atom. The van der Waals surface area contributed by atoms with Crippen LogP contribution in [0, 0.1) is 5.41 Å². The fourth-order valence-electron chi connectivity index (χ4n) is 3.02. The SMILES string of the molecule is CC1(C)CNC[C@H]1c1cccc2ccccc12. The number of hydrogen-bond acceptors (Lipinski definition) is 1. The van der Waals surface area contributed by atoms with Gasteiger partial charge < -0.3 is 5.32 Å². The summed E-state index contributed by atoms with van der Waals surface area (Å²) in [5.74, 6) is 0.619. The molecule has 1 saturated heterocycles. The molecule has 1 heteroatoms. The standard InChI is InChI=1S/C16H19N/c1-16(2)11-17-10-15(16)14-9-5-7-12-6-3-4-8-13(12)14/h3-9,15,17H,10-11H2,1-2H3/t15-/m0/s1. The molecule has 1 heterocycles. The maximum absolute atomic E-state index is 3.53. The van der Waals surface area contributed by atoms with Gasteiger partial charge in [0.2, 0.25) is 0 Å². The Balaban J connectivity index is 2.17. The zero-order valence-corrected chi connectivity index (χ0v) is 10.5. The van der Waals surface area contributed by atoms with Gasteiger partial charge in [-0.05, 0) is 21.8 Å². The molecule has 1 atom stereocenters. The van der Waals surface area contributed by atoms with Gasteiger partial charge in [-0.2, -0.15) is 0 Å². The molecular weight excluding hydrogens is 206 g/mol. The summed E-state index contributed by atoms with van der Waals surface area (Å²) < 4.78 is 0. The van der Waals surface area contributed by atoms with Crippen molar-refractivity contribution in [1.82, 2.24) is 5.32 Å². The lowest BCUT2D eigenvalue weighted by atomic mass is 9.76. The highest BCUT2D eigenvalue weighted by Gasteiger charge is 2.35. The van der Waals surface area contributed by atoms with Gasteiger partial charge in [-0.15, -0.1) is 0 Å². The van der Waals surface area contributed by atoms with Crippen LogP contribution in [0.5, 0.6) is 0 Å². The van der Waals surface area contributed by atoms with E-state index in [4.69, 9.17) is 0 Å². The first-order chi connectivity index (χ1) is 8.18. The van der Waals surface area contributed by atoms with Crippen molar-refractivity contribution in [2.24, 2.45) is 5.41 Å². The molecule has 0 amide bonds. The summed E-state index contributed by atoms with van der Waals surface area (Å²) in [5.41, 5.74) is 1.85. The number of fused-ring (bicyclic) bond motifs is 1. The van der Waals surface area contributed by atoms with Crippen LogP contribution in [0.4, 0.5) is 0 Å². The van der Waals surface area contributed by atoms with Crippen molar-refractivity contribution < 1.29 is 0 Å². The van der Waals surface area contributed by atoms with Gasteiger partial charge in [-0.25, -0.2) is 0 Å². The number of benzene rings is 2. The van der Waals surface area contributed by atoms with Crippen molar-refractivity contribution in [2.75, 3.05) is 13.1 Å². The van der Waals surface area contributed by atoms with E-state index >= 15 is 0 Å². The Hall–Kier alpha value is -1.34. The minimum absolute atomic E-state index is 0.351. The smallest absolute Gasteiger partial charge is 0.00329 e. The molecule has 0 aliphatic carbocycles. The molecule has 88 valence electrons. The quantitative estimate of drug-likeness (QED) is 0.782. The van der Waals surface area contributed by atoms with Crippen LogP contribution in [0.3, 0.4) is 0 Å². The average Bonchev–Trinajstić information content (AvgIpc) is 2.68. The van der Waals surface area contributed by atoms with Crippen molar-refractivity contribution >= 4 is 10.8 Å². The van der Waals surface area contributed by atoms with Gasteiger partial charge in [0.25, 0.3) is 0 Å². The molecular formula is C16H19N. The van der Waals surface area contributed by atoms with Gasteiger partial charge in [0, 0.05) is 19.0 Å². The molecule has 0 spiro atoms. The summed E-state index contributed by atoms with van der Waals surface area (Å²) in [7, 11) is 0. The van der Waals surface area contributed by atoms with Crippen molar-refractivity contribution in [3.05, 3.63) is 48.0 Å². The van der Waals surface area contributed by atoms with Crippen LogP contribution in [0.2, 0.25) is 0 Å². The van der Waals surface area contributed by atoms with E-state index < -0.39 is 0 Å². The molecule has 0 saturated carbocycles. The molecule has 0 aromatic heterocycles. The van der Waals surface area contributed by atoms with E-state index in [0.717, 1.165) is 13.1 Å². The lowest BCUT2D eigenvalue weighted by Crippen LogP contribution is -2.20. The second-order valence-electron chi connectivity index (χ2n) is 5.74. The average molecular weight is 225 g/mol. The van der Waals surface area contributed by atoms with Gasteiger partial charge in [0.15, 0.2) is 0 Å². The Morgan fingerprint density at radius 1 is 1.06 bits per heavy atom. The van der Waals surface area contributed by atoms with Crippen LogP contribution in [0.25, 0.3) is 10.8 Å². The van der Waals surface area contributed by atoms with E-state index in [-0.39, 0.29) is 0 Å². The fourth-order valence-corrected chi connectivity index (χ4v) is 3.02. The lowest BCUT2D eigenvalue weighted by Gasteiger charge is -2.27. The lowest BCUT2D eigenvalue weighted by molar-refractivity contribution is 0.364. The normalized spacial score (nSPS) is 23.1. The molecule has 1 fully saturated rings. The van der Waals surface area contributed by atoms with Crippen LogP contribution in [-0.2, 0) is 0 Å².